The molecule has 1 aromatic rings. The van der Waals surface area contributed by atoms with Crippen LogP contribution < -0.4 is 0 Å². The second-order valence-electron chi connectivity index (χ2n) is 8.18. The van der Waals surface area contributed by atoms with Crippen molar-refractivity contribution in [2.75, 3.05) is 52.9 Å². The molecule has 1 amide bonds. The summed E-state index contributed by atoms with van der Waals surface area (Å²) >= 11 is 0. The van der Waals surface area contributed by atoms with Gasteiger partial charge in [-0.05, 0) is 44.9 Å². The van der Waals surface area contributed by atoms with E-state index in [1.807, 2.05) is 35.2 Å². The third-order valence-electron chi connectivity index (χ3n) is 6.50. The zero-order valence-electron chi connectivity index (χ0n) is 15.9. The van der Waals surface area contributed by atoms with Gasteiger partial charge in [0.15, 0.2) is 0 Å². The predicted molar refractivity (Wildman–Crippen MR) is 102 cm³/mol. The third-order valence-corrected chi connectivity index (χ3v) is 6.50. The molecule has 0 bridgehead atoms. The summed E-state index contributed by atoms with van der Waals surface area (Å²) in [5, 5.41) is 0. The molecule has 3 fully saturated rings. The van der Waals surface area contributed by atoms with Crippen LogP contribution in [0.25, 0.3) is 0 Å². The van der Waals surface area contributed by atoms with Crippen LogP contribution in [-0.4, -0.2) is 85.2 Å². The van der Waals surface area contributed by atoms with Gasteiger partial charge in [-0.3, -0.25) is 9.69 Å². The Kier molecular flexibility index (Phi) is 5.30. The van der Waals surface area contributed by atoms with Gasteiger partial charge in [-0.25, -0.2) is 0 Å². The van der Waals surface area contributed by atoms with Crippen molar-refractivity contribution in [3.63, 3.8) is 0 Å². The number of amides is 1. The first-order valence-corrected chi connectivity index (χ1v) is 10.1. The predicted octanol–water partition coefficient (Wildman–Crippen LogP) is 2.09. The lowest BCUT2D eigenvalue weighted by atomic mass is 9.81. The van der Waals surface area contributed by atoms with Crippen molar-refractivity contribution in [3.8, 4) is 0 Å². The molecular formula is C21H31N3O2. The molecule has 0 aliphatic carbocycles. The van der Waals surface area contributed by atoms with Gasteiger partial charge in [0.25, 0.3) is 5.91 Å². The largest absolute Gasteiger partial charge is 0.375 e. The van der Waals surface area contributed by atoms with Crippen LogP contribution in [0.3, 0.4) is 0 Å². The van der Waals surface area contributed by atoms with Gasteiger partial charge in [-0.15, -0.1) is 0 Å². The van der Waals surface area contributed by atoms with Crippen LogP contribution in [0.4, 0.5) is 0 Å². The van der Waals surface area contributed by atoms with Crippen LogP contribution in [0.5, 0.6) is 0 Å². The normalized spacial score (nSPS) is 27.6. The maximum atomic E-state index is 12.7. The highest BCUT2D eigenvalue weighted by Gasteiger charge is 2.42. The summed E-state index contributed by atoms with van der Waals surface area (Å²) in [6.45, 7) is 7.18. The summed E-state index contributed by atoms with van der Waals surface area (Å²) in [6.07, 6.45) is 4.22. The number of rotatable bonds is 2. The van der Waals surface area contributed by atoms with Gasteiger partial charge >= 0.3 is 0 Å². The number of piperidine rings is 1. The van der Waals surface area contributed by atoms with E-state index >= 15 is 0 Å². The van der Waals surface area contributed by atoms with Crippen molar-refractivity contribution in [2.45, 2.75) is 37.3 Å². The Morgan fingerprint density at radius 3 is 2.42 bits per heavy atom. The Hall–Kier alpha value is -1.43. The number of carbonyl (C=O) groups excluding carboxylic acids is 1. The number of benzene rings is 1. The second-order valence-corrected chi connectivity index (χ2v) is 8.18. The SMILES string of the molecule is CN1CCN(C2CCOC3(CCN(C(=O)c4ccccc4)CC3)C2)CC1. The molecule has 1 unspecified atom stereocenters. The number of likely N-dealkylation sites (tertiary alicyclic amines) is 1. The third kappa shape index (κ3) is 3.80. The molecule has 3 heterocycles. The van der Waals surface area contributed by atoms with Crippen LogP contribution >= 0.6 is 0 Å². The topological polar surface area (TPSA) is 36.0 Å². The van der Waals surface area contributed by atoms with Crippen molar-refractivity contribution in [1.29, 1.82) is 0 Å². The molecule has 0 saturated carbocycles. The molecule has 3 saturated heterocycles. The summed E-state index contributed by atoms with van der Waals surface area (Å²) in [5.41, 5.74) is 0.781. The van der Waals surface area contributed by atoms with Gasteiger partial charge in [0.2, 0.25) is 0 Å². The molecule has 0 radical (unpaired) electrons. The molecule has 4 rings (SSSR count). The van der Waals surface area contributed by atoms with E-state index < -0.39 is 0 Å². The summed E-state index contributed by atoms with van der Waals surface area (Å²) in [7, 11) is 2.21. The van der Waals surface area contributed by atoms with E-state index in [9.17, 15) is 4.79 Å². The number of carbonyl (C=O) groups is 1. The molecule has 0 aromatic heterocycles. The van der Waals surface area contributed by atoms with Crippen LogP contribution in [0, 0.1) is 0 Å². The summed E-state index contributed by atoms with van der Waals surface area (Å²) in [5.74, 6) is 0.159. The van der Waals surface area contributed by atoms with Crippen LogP contribution in [0.15, 0.2) is 30.3 Å². The highest BCUT2D eigenvalue weighted by atomic mass is 16.5. The monoisotopic (exact) mass is 357 g/mol. The molecule has 1 spiro atoms. The summed E-state index contributed by atoms with van der Waals surface area (Å²) in [6, 6.07) is 10.3. The van der Waals surface area contributed by atoms with E-state index in [2.05, 4.69) is 16.8 Å². The fraction of sp³-hybridized carbons (Fsp3) is 0.667. The molecule has 1 aromatic carbocycles. The Bertz CT molecular complexity index is 605. The first-order chi connectivity index (χ1) is 12.7. The Morgan fingerprint density at radius 2 is 1.73 bits per heavy atom. The first-order valence-electron chi connectivity index (χ1n) is 10.1. The minimum absolute atomic E-state index is 0.0142. The quantitative estimate of drug-likeness (QED) is 0.812. The standard InChI is InChI=1S/C21H31N3O2/c1-22-12-14-23(15-13-22)19-7-16-26-21(17-19)8-10-24(11-9-21)20(25)18-5-3-2-4-6-18/h2-6,19H,7-17H2,1H3. The Balaban J connectivity index is 1.35. The van der Waals surface area contributed by atoms with Gasteiger partial charge < -0.3 is 14.5 Å². The number of hydrogen-bond donors (Lipinski definition) is 0. The van der Waals surface area contributed by atoms with Crippen molar-refractivity contribution in [3.05, 3.63) is 35.9 Å². The van der Waals surface area contributed by atoms with E-state index in [0.717, 1.165) is 50.9 Å². The highest BCUT2D eigenvalue weighted by Crippen LogP contribution is 2.37. The van der Waals surface area contributed by atoms with E-state index in [4.69, 9.17) is 4.74 Å². The maximum Gasteiger partial charge on any atom is 0.253 e. The zero-order chi connectivity index (χ0) is 18.0. The van der Waals surface area contributed by atoms with Crippen molar-refractivity contribution in [2.24, 2.45) is 0 Å². The molecule has 3 aliphatic heterocycles. The van der Waals surface area contributed by atoms with E-state index in [-0.39, 0.29) is 11.5 Å². The molecule has 1 atom stereocenters. The van der Waals surface area contributed by atoms with Crippen LogP contribution in [-0.2, 0) is 4.74 Å². The highest BCUT2D eigenvalue weighted by molar-refractivity contribution is 5.94. The number of ether oxygens (including phenoxy) is 1. The minimum atomic E-state index is -0.0142. The Morgan fingerprint density at radius 1 is 1.04 bits per heavy atom. The lowest BCUT2D eigenvalue weighted by Crippen LogP contribution is -2.57. The molecule has 5 nitrogen and oxygen atoms in total. The number of nitrogens with zero attached hydrogens (tertiary/aromatic N) is 3. The molecule has 0 N–H and O–H groups in total. The summed E-state index contributed by atoms with van der Waals surface area (Å²) < 4.78 is 6.31. The fourth-order valence-electron chi connectivity index (χ4n) is 4.73. The molecule has 3 aliphatic rings. The first kappa shape index (κ1) is 18.0. The number of hydrogen-bond acceptors (Lipinski definition) is 4. The average Bonchev–Trinajstić information content (AvgIpc) is 2.69. The summed E-state index contributed by atoms with van der Waals surface area (Å²) in [4.78, 5) is 19.8. The maximum absolute atomic E-state index is 12.7. The van der Waals surface area contributed by atoms with Crippen LogP contribution in [0.1, 0.15) is 36.0 Å². The number of likely N-dealkylation sites (N-methyl/N-ethyl adjacent to an activating group) is 1. The van der Waals surface area contributed by atoms with Gasteiger partial charge in [-0.1, -0.05) is 18.2 Å². The van der Waals surface area contributed by atoms with Crippen molar-refractivity contribution in [1.82, 2.24) is 14.7 Å². The van der Waals surface area contributed by atoms with E-state index in [1.54, 1.807) is 0 Å². The second kappa shape index (κ2) is 7.67. The molecule has 26 heavy (non-hydrogen) atoms. The fourth-order valence-corrected chi connectivity index (χ4v) is 4.73. The zero-order valence-corrected chi connectivity index (χ0v) is 15.9. The van der Waals surface area contributed by atoms with Crippen molar-refractivity contribution < 1.29 is 9.53 Å². The Labute approximate surface area is 156 Å². The lowest BCUT2D eigenvalue weighted by molar-refractivity contribution is -0.132. The van der Waals surface area contributed by atoms with Crippen LogP contribution in [0.2, 0.25) is 0 Å². The van der Waals surface area contributed by atoms with E-state index in [0.29, 0.717) is 6.04 Å². The van der Waals surface area contributed by atoms with Gasteiger partial charge in [-0.2, -0.15) is 0 Å². The minimum Gasteiger partial charge on any atom is -0.375 e. The molecular weight excluding hydrogens is 326 g/mol. The van der Waals surface area contributed by atoms with Crippen molar-refractivity contribution >= 4 is 5.91 Å². The average molecular weight is 357 g/mol. The lowest BCUT2D eigenvalue weighted by Gasteiger charge is -2.49. The molecule has 5 heteroatoms. The van der Waals surface area contributed by atoms with Gasteiger partial charge in [0.1, 0.15) is 0 Å². The number of piperazine rings is 1. The molecule has 142 valence electrons. The smallest absolute Gasteiger partial charge is 0.253 e. The van der Waals surface area contributed by atoms with Gasteiger partial charge in [0, 0.05) is 57.5 Å². The van der Waals surface area contributed by atoms with Gasteiger partial charge in [0.05, 0.1) is 5.60 Å². The van der Waals surface area contributed by atoms with E-state index in [1.165, 1.54) is 26.2 Å².